The molecule has 2 N–H and O–H groups in total. The van der Waals surface area contributed by atoms with Crippen molar-refractivity contribution in [3.05, 3.63) is 59.4 Å². The highest BCUT2D eigenvalue weighted by atomic mass is 19.1. The maximum atomic E-state index is 13.9. The van der Waals surface area contributed by atoms with Gasteiger partial charge in [-0.05, 0) is 28.2 Å². The van der Waals surface area contributed by atoms with E-state index in [1.807, 2.05) is 24.3 Å². The molecule has 0 saturated heterocycles. The predicted octanol–water partition coefficient (Wildman–Crippen LogP) is 4.25. The van der Waals surface area contributed by atoms with Crippen LogP contribution in [0.3, 0.4) is 0 Å². The summed E-state index contributed by atoms with van der Waals surface area (Å²) in [7, 11) is 0. The predicted molar refractivity (Wildman–Crippen MR) is 78.4 cm³/mol. The maximum Gasteiger partial charge on any atom is 0.128 e. The summed E-state index contributed by atoms with van der Waals surface area (Å²) in [6.45, 7) is 6.72. The highest BCUT2D eigenvalue weighted by molar-refractivity contribution is 5.69. The highest BCUT2D eigenvalue weighted by Gasteiger charge is 2.18. The third kappa shape index (κ3) is 2.85. The van der Waals surface area contributed by atoms with Crippen LogP contribution in [0.15, 0.2) is 42.5 Å². The maximum absolute atomic E-state index is 13.9. The molecule has 2 heteroatoms. The molecule has 0 aliphatic rings. The first-order valence-electron chi connectivity index (χ1n) is 6.52. The molecule has 0 aliphatic heterocycles. The highest BCUT2D eigenvalue weighted by Crippen LogP contribution is 2.33. The van der Waals surface area contributed by atoms with Gasteiger partial charge in [0.15, 0.2) is 0 Å². The molecule has 0 aliphatic carbocycles. The summed E-state index contributed by atoms with van der Waals surface area (Å²) in [5.74, 6) is -0.233. The standard InChI is InChI=1S/C17H20FN/c1-17(2,3)15-7-5-4-6-14(15)12-8-9-13(11-19)16(18)10-12/h4-10H,11,19H2,1-3H3. The van der Waals surface area contributed by atoms with E-state index in [2.05, 4.69) is 26.8 Å². The van der Waals surface area contributed by atoms with E-state index >= 15 is 0 Å². The Bertz CT molecular complexity index is 582. The molecular formula is C17H20FN. The number of benzene rings is 2. The van der Waals surface area contributed by atoms with E-state index in [0.29, 0.717) is 5.56 Å². The molecule has 2 aromatic carbocycles. The molecule has 0 heterocycles. The second kappa shape index (κ2) is 5.14. The molecule has 19 heavy (non-hydrogen) atoms. The van der Waals surface area contributed by atoms with Crippen LogP contribution in [0.25, 0.3) is 11.1 Å². The Hall–Kier alpha value is -1.67. The molecule has 0 radical (unpaired) electrons. The normalized spacial score (nSPS) is 11.6. The third-order valence-corrected chi connectivity index (χ3v) is 3.32. The van der Waals surface area contributed by atoms with Crippen molar-refractivity contribution in [2.45, 2.75) is 32.7 Å². The van der Waals surface area contributed by atoms with Gasteiger partial charge in [0.05, 0.1) is 0 Å². The molecule has 100 valence electrons. The van der Waals surface area contributed by atoms with Gasteiger partial charge >= 0.3 is 0 Å². The van der Waals surface area contributed by atoms with Gasteiger partial charge in [0.2, 0.25) is 0 Å². The lowest BCUT2D eigenvalue weighted by Crippen LogP contribution is -2.12. The zero-order valence-corrected chi connectivity index (χ0v) is 11.7. The van der Waals surface area contributed by atoms with Crippen LogP contribution in [0.5, 0.6) is 0 Å². The Labute approximate surface area is 114 Å². The van der Waals surface area contributed by atoms with Crippen LogP contribution < -0.4 is 5.73 Å². The second-order valence-electron chi connectivity index (χ2n) is 5.81. The van der Waals surface area contributed by atoms with Crippen LogP contribution in [0, 0.1) is 5.82 Å². The van der Waals surface area contributed by atoms with E-state index < -0.39 is 0 Å². The Morgan fingerprint density at radius 2 is 1.74 bits per heavy atom. The van der Waals surface area contributed by atoms with Crippen LogP contribution in [0.4, 0.5) is 4.39 Å². The summed E-state index contributed by atoms with van der Waals surface area (Å²) >= 11 is 0. The Morgan fingerprint density at radius 1 is 1.05 bits per heavy atom. The summed E-state index contributed by atoms with van der Waals surface area (Å²) in [6, 6.07) is 13.4. The van der Waals surface area contributed by atoms with E-state index in [1.54, 1.807) is 12.1 Å². The summed E-state index contributed by atoms with van der Waals surface area (Å²) in [5, 5.41) is 0. The second-order valence-corrected chi connectivity index (χ2v) is 5.81. The molecule has 0 atom stereocenters. The lowest BCUT2D eigenvalue weighted by atomic mass is 9.82. The van der Waals surface area contributed by atoms with Crippen molar-refractivity contribution >= 4 is 0 Å². The van der Waals surface area contributed by atoms with Crippen molar-refractivity contribution in [2.75, 3.05) is 0 Å². The average molecular weight is 257 g/mol. The van der Waals surface area contributed by atoms with Crippen LogP contribution in [0.1, 0.15) is 31.9 Å². The Kier molecular flexibility index (Phi) is 3.72. The van der Waals surface area contributed by atoms with Gasteiger partial charge < -0.3 is 5.73 Å². The number of nitrogens with two attached hydrogens (primary N) is 1. The van der Waals surface area contributed by atoms with Gasteiger partial charge in [0, 0.05) is 12.1 Å². The van der Waals surface area contributed by atoms with E-state index in [-0.39, 0.29) is 17.8 Å². The molecule has 0 bridgehead atoms. The number of rotatable bonds is 2. The van der Waals surface area contributed by atoms with Crippen molar-refractivity contribution in [2.24, 2.45) is 5.73 Å². The summed E-state index contributed by atoms with van der Waals surface area (Å²) in [5.41, 5.74) is 9.28. The first-order valence-corrected chi connectivity index (χ1v) is 6.52. The molecule has 1 nitrogen and oxygen atoms in total. The third-order valence-electron chi connectivity index (χ3n) is 3.32. The topological polar surface area (TPSA) is 26.0 Å². The fourth-order valence-electron chi connectivity index (χ4n) is 2.27. The minimum absolute atomic E-state index is 0.0274. The quantitative estimate of drug-likeness (QED) is 0.855. The van der Waals surface area contributed by atoms with Gasteiger partial charge in [-0.3, -0.25) is 0 Å². The lowest BCUT2D eigenvalue weighted by molar-refractivity contribution is 0.591. The summed E-state index contributed by atoms with van der Waals surface area (Å²) in [6.07, 6.45) is 0. The molecule has 0 spiro atoms. The smallest absolute Gasteiger partial charge is 0.128 e. The molecule has 2 aromatic rings. The van der Waals surface area contributed by atoms with Gasteiger partial charge in [-0.2, -0.15) is 0 Å². The summed E-state index contributed by atoms with van der Waals surface area (Å²) < 4.78 is 13.9. The average Bonchev–Trinajstić information content (AvgIpc) is 2.37. The van der Waals surface area contributed by atoms with Crippen LogP contribution in [0.2, 0.25) is 0 Å². The van der Waals surface area contributed by atoms with Crippen molar-refractivity contribution in [1.82, 2.24) is 0 Å². The first kappa shape index (κ1) is 13.8. The van der Waals surface area contributed by atoms with Crippen LogP contribution >= 0.6 is 0 Å². The molecule has 0 unspecified atom stereocenters. The van der Waals surface area contributed by atoms with Crippen molar-refractivity contribution in [3.8, 4) is 11.1 Å². The van der Waals surface area contributed by atoms with Crippen LogP contribution in [-0.2, 0) is 12.0 Å². The molecule has 0 aromatic heterocycles. The van der Waals surface area contributed by atoms with Crippen LogP contribution in [-0.4, -0.2) is 0 Å². The molecule has 0 fully saturated rings. The van der Waals surface area contributed by atoms with Gasteiger partial charge in [-0.1, -0.05) is 57.2 Å². The fourth-order valence-corrected chi connectivity index (χ4v) is 2.27. The van der Waals surface area contributed by atoms with E-state index in [9.17, 15) is 4.39 Å². The van der Waals surface area contributed by atoms with Crippen molar-refractivity contribution in [1.29, 1.82) is 0 Å². The van der Waals surface area contributed by atoms with Gasteiger partial charge in [0.25, 0.3) is 0 Å². The van der Waals surface area contributed by atoms with E-state index in [4.69, 9.17) is 5.73 Å². The van der Waals surface area contributed by atoms with E-state index in [0.717, 1.165) is 11.1 Å². The summed E-state index contributed by atoms with van der Waals surface area (Å²) in [4.78, 5) is 0. The first-order chi connectivity index (χ1) is 8.93. The SMILES string of the molecule is CC(C)(C)c1ccccc1-c1ccc(CN)c(F)c1. The molecule has 0 amide bonds. The largest absolute Gasteiger partial charge is 0.326 e. The molecular weight excluding hydrogens is 237 g/mol. The lowest BCUT2D eigenvalue weighted by Gasteiger charge is -2.23. The van der Waals surface area contributed by atoms with E-state index in [1.165, 1.54) is 5.56 Å². The minimum Gasteiger partial charge on any atom is -0.326 e. The Balaban J connectivity index is 2.57. The number of hydrogen-bond acceptors (Lipinski definition) is 1. The zero-order chi connectivity index (χ0) is 14.0. The zero-order valence-electron chi connectivity index (χ0n) is 11.7. The van der Waals surface area contributed by atoms with Crippen molar-refractivity contribution in [3.63, 3.8) is 0 Å². The number of hydrogen-bond donors (Lipinski definition) is 1. The minimum atomic E-state index is -0.233. The van der Waals surface area contributed by atoms with Crippen molar-refractivity contribution < 1.29 is 4.39 Å². The molecule has 0 saturated carbocycles. The van der Waals surface area contributed by atoms with Gasteiger partial charge in [-0.15, -0.1) is 0 Å². The molecule has 2 rings (SSSR count). The number of halogens is 1. The Morgan fingerprint density at radius 3 is 2.32 bits per heavy atom. The monoisotopic (exact) mass is 257 g/mol. The van der Waals surface area contributed by atoms with Gasteiger partial charge in [-0.25, -0.2) is 4.39 Å². The fraction of sp³-hybridized carbons (Fsp3) is 0.294. The van der Waals surface area contributed by atoms with Gasteiger partial charge in [0.1, 0.15) is 5.82 Å².